The van der Waals surface area contributed by atoms with Crippen molar-refractivity contribution >= 4 is 5.95 Å². The van der Waals surface area contributed by atoms with Crippen LogP contribution in [0.3, 0.4) is 0 Å². The van der Waals surface area contributed by atoms with E-state index >= 15 is 0 Å². The van der Waals surface area contributed by atoms with E-state index in [9.17, 15) is 0 Å². The summed E-state index contributed by atoms with van der Waals surface area (Å²) in [5, 5.41) is 0. The van der Waals surface area contributed by atoms with Crippen molar-refractivity contribution in [1.29, 1.82) is 0 Å². The zero-order valence-electron chi connectivity index (χ0n) is 10.4. The van der Waals surface area contributed by atoms with Crippen molar-refractivity contribution < 1.29 is 0 Å². The summed E-state index contributed by atoms with van der Waals surface area (Å²) in [7, 11) is 0. The number of nitrogens with zero attached hydrogens (tertiary/aromatic N) is 3. The summed E-state index contributed by atoms with van der Waals surface area (Å²) < 4.78 is 0. The fourth-order valence-corrected chi connectivity index (χ4v) is 1.79. The molecule has 2 N–H and O–H groups in total. The highest BCUT2D eigenvalue weighted by Gasteiger charge is 2.08. The van der Waals surface area contributed by atoms with E-state index in [1.54, 1.807) is 12.4 Å². The summed E-state index contributed by atoms with van der Waals surface area (Å²) in [6, 6.07) is 12.2. The molecule has 1 aromatic heterocycles. The Morgan fingerprint density at radius 3 is 2.39 bits per heavy atom. The van der Waals surface area contributed by atoms with Gasteiger partial charge in [0.05, 0.1) is 0 Å². The summed E-state index contributed by atoms with van der Waals surface area (Å²) in [6.07, 6.45) is 4.47. The SMILES string of the molecule is NCCCN(Cc1ccccc1)c1ncccn1. The minimum atomic E-state index is 0.679. The third-order valence-electron chi connectivity index (χ3n) is 2.68. The first-order valence-corrected chi connectivity index (χ1v) is 6.16. The van der Waals surface area contributed by atoms with E-state index < -0.39 is 0 Å². The molecule has 94 valence electrons. The molecule has 0 radical (unpaired) electrons. The number of hydrogen-bond acceptors (Lipinski definition) is 4. The molecule has 2 aromatic rings. The predicted molar refractivity (Wildman–Crippen MR) is 73.2 cm³/mol. The summed E-state index contributed by atoms with van der Waals surface area (Å²) in [5.41, 5.74) is 6.83. The van der Waals surface area contributed by atoms with Crippen molar-refractivity contribution in [3.8, 4) is 0 Å². The van der Waals surface area contributed by atoms with Gasteiger partial charge in [-0.2, -0.15) is 0 Å². The summed E-state index contributed by atoms with van der Waals surface area (Å²) in [5.74, 6) is 0.759. The first-order valence-electron chi connectivity index (χ1n) is 6.16. The van der Waals surface area contributed by atoms with Crippen LogP contribution in [-0.2, 0) is 6.54 Å². The molecule has 0 aliphatic carbocycles. The second-order valence-corrected chi connectivity index (χ2v) is 4.10. The van der Waals surface area contributed by atoms with E-state index in [1.807, 2.05) is 24.3 Å². The normalized spacial score (nSPS) is 10.3. The topological polar surface area (TPSA) is 55.0 Å². The fourth-order valence-electron chi connectivity index (χ4n) is 1.79. The Hall–Kier alpha value is -1.94. The lowest BCUT2D eigenvalue weighted by Crippen LogP contribution is -2.27. The van der Waals surface area contributed by atoms with Crippen LogP contribution in [0.15, 0.2) is 48.8 Å². The minimum Gasteiger partial charge on any atom is -0.336 e. The zero-order valence-corrected chi connectivity index (χ0v) is 10.4. The average Bonchev–Trinajstić information content (AvgIpc) is 2.45. The van der Waals surface area contributed by atoms with E-state index in [4.69, 9.17) is 5.73 Å². The van der Waals surface area contributed by atoms with Gasteiger partial charge in [0.1, 0.15) is 0 Å². The largest absolute Gasteiger partial charge is 0.336 e. The van der Waals surface area contributed by atoms with E-state index in [-0.39, 0.29) is 0 Å². The molecule has 18 heavy (non-hydrogen) atoms. The van der Waals surface area contributed by atoms with Gasteiger partial charge in [-0.3, -0.25) is 0 Å². The molecule has 0 saturated heterocycles. The molecule has 0 unspecified atom stereocenters. The Balaban J connectivity index is 2.10. The molecule has 0 spiro atoms. The molecule has 2 rings (SSSR count). The van der Waals surface area contributed by atoms with Gasteiger partial charge < -0.3 is 10.6 Å². The lowest BCUT2D eigenvalue weighted by Gasteiger charge is -2.22. The number of aromatic nitrogens is 2. The Kier molecular flexibility index (Phi) is 4.67. The summed E-state index contributed by atoms with van der Waals surface area (Å²) >= 11 is 0. The van der Waals surface area contributed by atoms with E-state index in [0.717, 1.165) is 25.5 Å². The maximum absolute atomic E-state index is 5.58. The quantitative estimate of drug-likeness (QED) is 0.839. The van der Waals surface area contributed by atoms with Crippen LogP contribution in [0.25, 0.3) is 0 Å². The molecule has 0 bridgehead atoms. The molecule has 1 aromatic carbocycles. The van der Waals surface area contributed by atoms with Crippen LogP contribution >= 0.6 is 0 Å². The van der Waals surface area contributed by atoms with Crippen molar-refractivity contribution in [2.45, 2.75) is 13.0 Å². The predicted octanol–water partition coefficient (Wildman–Crippen LogP) is 1.83. The molecule has 0 aliphatic heterocycles. The average molecular weight is 242 g/mol. The molecule has 0 fully saturated rings. The highest BCUT2D eigenvalue weighted by molar-refractivity contribution is 5.31. The Morgan fingerprint density at radius 2 is 1.72 bits per heavy atom. The van der Waals surface area contributed by atoms with Gasteiger partial charge in [0.15, 0.2) is 0 Å². The van der Waals surface area contributed by atoms with E-state index in [1.165, 1.54) is 5.56 Å². The molecule has 4 nitrogen and oxygen atoms in total. The molecule has 4 heteroatoms. The summed E-state index contributed by atoms with van der Waals surface area (Å²) in [6.45, 7) is 2.36. The number of nitrogens with two attached hydrogens (primary N) is 1. The minimum absolute atomic E-state index is 0.679. The Bertz CT molecular complexity index is 444. The van der Waals surface area contributed by atoms with Crippen molar-refractivity contribution in [2.24, 2.45) is 5.73 Å². The van der Waals surface area contributed by atoms with Gasteiger partial charge in [-0.25, -0.2) is 9.97 Å². The molecule has 0 saturated carbocycles. The molecule has 0 amide bonds. The molecular weight excluding hydrogens is 224 g/mol. The maximum Gasteiger partial charge on any atom is 0.225 e. The fraction of sp³-hybridized carbons (Fsp3) is 0.286. The van der Waals surface area contributed by atoms with Gasteiger partial charge in [0, 0.05) is 25.5 Å². The van der Waals surface area contributed by atoms with Crippen LogP contribution in [0, 0.1) is 0 Å². The van der Waals surface area contributed by atoms with Crippen molar-refractivity contribution in [3.05, 3.63) is 54.4 Å². The van der Waals surface area contributed by atoms with Gasteiger partial charge in [-0.05, 0) is 24.6 Å². The maximum atomic E-state index is 5.58. The molecular formula is C14H18N4. The van der Waals surface area contributed by atoms with Gasteiger partial charge in [-0.1, -0.05) is 30.3 Å². The Morgan fingerprint density at radius 1 is 1.00 bits per heavy atom. The van der Waals surface area contributed by atoms with E-state index in [0.29, 0.717) is 6.54 Å². The van der Waals surface area contributed by atoms with Gasteiger partial charge in [0.2, 0.25) is 5.95 Å². The standard InChI is InChI=1S/C14H18N4/c15-8-4-11-18(14-16-9-5-10-17-14)12-13-6-2-1-3-7-13/h1-3,5-7,9-10H,4,8,11-12,15H2. The first kappa shape index (κ1) is 12.5. The third kappa shape index (κ3) is 3.53. The van der Waals surface area contributed by atoms with Crippen molar-refractivity contribution in [3.63, 3.8) is 0 Å². The van der Waals surface area contributed by atoms with Gasteiger partial charge in [-0.15, -0.1) is 0 Å². The van der Waals surface area contributed by atoms with Crippen molar-refractivity contribution in [1.82, 2.24) is 9.97 Å². The number of hydrogen-bond donors (Lipinski definition) is 1. The van der Waals surface area contributed by atoms with Crippen LogP contribution < -0.4 is 10.6 Å². The first-order chi connectivity index (χ1) is 8.90. The highest BCUT2D eigenvalue weighted by Crippen LogP contribution is 2.11. The monoisotopic (exact) mass is 242 g/mol. The van der Waals surface area contributed by atoms with E-state index in [2.05, 4.69) is 27.0 Å². The zero-order chi connectivity index (χ0) is 12.6. The second-order valence-electron chi connectivity index (χ2n) is 4.10. The van der Waals surface area contributed by atoms with Gasteiger partial charge >= 0.3 is 0 Å². The summed E-state index contributed by atoms with van der Waals surface area (Å²) in [4.78, 5) is 10.8. The van der Waals surface area contributed by atoms with Gasteiger partial charge in [0.25, 0.3) is 0 Å². The van der Waals surface area contributed by atoms with Crippen LogP contribution in [0.2, 0.25) is 0 Å². The van der Waals surface area contributed by atoms with Crippen LogP contribution in [0.5, 0.6) is 0 Å². The molecule has 0 aliphatic rings. The smallest absolute Gasteiger partial charge is 0.225 e. The number of benzene rings is 1. The lowest BCUT2D eigenvalue weighted by atomic mass is 10.2. The van der Waals surface area contributed by atoms with Crippen molar-refractivity contribution in [2.75, 3.05) is 18.0 Å². The molecule has 1 heterocycles. The van der Waals surface area contributed by atoms with Crippen LogP contribution in [-0.4, -0.2) is 23.1 Å². The van der Waals surface area contributed by atoms with Crippen LogP contribution in [0.1, 0.15) is 12.0 Å². The number of rotatable bonds is 6. The van der Waals surface area contributed by atoms with Crippen LogP contribution in [0.4, 0.5) is 5.95 Å². The molecule has 0 atom stereocenters. The Labute approximate surface area is 107 Å². The third-order valence-corrected chi connectivity index (χ3v) is 2.68. The second kappa shape index (κ2) is 6.71. The lowest BCUT2D eigenvalue weighted by molar-refractivity contribution is 0.714. The number of anilines is 1. The highest BCUT2D eigenvalue weighted by atomic mass is 15.2.